The number of rotatable bonds is 6. The van der Waals surface area contributed by atoms with E-state index < -0.39 is 0 Å². The van der Waals surface area contributed by atoms with Crippen LogP contribution in [0.15, 0.2) is 30.7 Å². The molecule has 1 unspecified atom stereocenters. The first-order valence-electron chi connectivity index (χ1n) is 10.1. The molecule has 1 aliphatic heterocycles. The highest BCUT2D eigenvalue weighted by Crippen LogP contribution is 2.29. The van der Waals surface area contributed by atoms with Crippen LogP contribution in [-0.2, 0) is 4.74 Å². The van der Waals surface area contributed by atoms with E-state index in [1.165, 1.54) is 0 Å². The Morgan fingerprint density at radius 2 is 1.84 bits per heavy atom. The van der Waals surface area contributed by atoms with Gasteiger partial charge in [0.2, 0.25) is 11.9 Å². The van der Waals surface area contributed by atoms with Crippen molar-refractivity contribution >= 4 is 17.6 Å². The average molecular weight is 425 g/mol. The number of ether oxygens (including phenoxy) is 3. The summed E-state index contributed by atoms with van der Waals surface area (Å²) in [6.07, 6.45) is 3.88. The molecule has 1 fully saturated rings. The monoisotopic (exact) mass is 425 g/mol. The number of methoxy groups -OCH3 is 2. The van der Waals surface area contributed by atoms with Crippen LogP contribution in [0.2, 0.25) is 0 Å². The van der Waals surface area contributed by atoms with Crippen molar-refractivity contribution < 1.29 is 14.2 Å². The minimum absolute atomic E-state index is 0.0894. The fraction of sp³-hybridized carbons (Fsp3) is 0.429. The summed E-state index contributed by atoms with van der Waals surface area (Å²) in [6.45, 7) is 7.42. The van der Waals surface area contributed by atoms with E-state index in [4.69, 9.17) is 14.2 Å². The van der Waals surface area contributed by atoms with Crippen LogP contribution in [0.4, 0.5) is 17.6 Å². The first kappa shape index (κ1) is 20.9. The molecular formula is C21H27N7O3. The van der Waals surface area contributed by atoms with Gasteiger partial charge in [-0.15, -0.1) is 0 Å². The topological polar surface area (TPSA) is 99.5 Å². The van der Waals surface area contributed by atoms with E-state index in [1.54, 1.807) is 20.5 Å². The standard InChI is InChI=1S/C21H27N7O3/c1-13-9-28(12-22-13)17-7-6-16(8-18(17)29-4)23-19-24-20(26-21(25-19)30-5)27-10-14(2)31-15(3)11-27/h6-9,12,14-15H,10-11H2,1-5H3,(H,23,24,25,26)/t14-,15?/m0/s1. The minimum Gasteiger partial charge on any atom is -0.494 e. The van der Waals surface area contributed by atoms with Gasteiger partial charge >= 0.3 is 6.01 Å². The number of nitrogens with one attached hydrogen (secondary N) is 1. The lowest BCUT2D eigenvalue weighted by Crippen LogP contribution is -2.46. The normalized spacial score (nSPS) is 18.7. The smallest absolute Gasteiger partial charge is 0.322 e. The summed E-state index contributed by atoms with van der Waals surface area (Å²) < 4.78 is 18.6. The molecule has 1 saturated heterocycles. The van der Waals surface area contributed by atoms with Crippen molar-refractivity contribution in [2.24, 2.45) is 0 Å². The van der Waals surface area contributed by atoms with Crippen molar-refractivity contribution in [3.63, 3.8) is 0 Å². The van der Waals surface area contributed by atoms with E-state index in [2.05, 4.69) is 30.2 Å². The van der Waals surface area contributed by atoms with Gasteiger partial charge in [0.15, 0.2) is 0 Å². The van der Waals surface area contributed by atoms with E-state index in [0.717, 1.165) is 17.1 Å². The Balaban J connectivity index is 1.61. The number of hydrogen-bond acceptors (Lipinski definition) is 9. The number of aryl methyl sites for hydroxylation is 1. The molecule has 0 radical (unpaired) electrons. The maximum Gasteiger partial charge on any atom is 0.322 e. The van der Waals surface area contributed by atoms with Gasteiger partial charge in [0.25, 0.3) is 0 Å². The number of hydrogen-bond donors (Lipinski definition) is 1. The zero-order chi connectivity index (χ0) is 22.0. The summed E-state index contributed by atoms with van der Waals surface area (Å²) in [6, 6.07) is 6.02. The number of nitrogens with zero attached hydrogens (tertiary/aromatic N) is 6. The van der Waals surface area contributed by atoms with Crippen LogP contribution < -0.4 is 19.7 Å². The number of imidazole rings is 1. The van der Waals surface area contributed by atoms with Crippen LogP contribution in [0.25, 0.3) is 5.69 Å². The maximum atomic E-state index is 5.81. The quantitative estimate of drug-likeness (QED) is 0.639. The van der Waals surface area contributed by atoms with Crippen LogP contribution in [0.5, 0.6) is 11.8 Å². The molecule has 3 heterocycles. The van der Waals surface area contributed by atoms with Crippen LogP contribution in [0, 0.1) is 6.92 Å². The number of anilines is 3. The maximum absolute atomic E-state index is 5.81. The lowest BCUT2D eigenvalue weighted by atomic mass is 10.2. The van der Waals surface area contributed by atoms with E-state index >= 15 is 0 Å². The highest BCUT2D eigenvalue weighted by Gasteiger charge is 2.25. The molecule has 1 aliphatic rings. The van der Waals surface area contributed by atoms with Crippen molar-refractivity contribution in [3.8, 4) is 17.4 Å². The summed E-state index contributed by atoms with van der Waals surface area (Å²) in [5.74, 6) is 1.63. The van der Waals surface area contributed by atoms with E-state index in [9.17, 15) is 0 Å². The molecule has 0 aliphatic carbocycles. The van der Waals surface area contributed by atoms with Crippen molar-refractivity contribution in [2.45, 2.75) is 33.0 Å². The van der Waals surface area contributed by atoms with Gasteiger partial charge in [-0.3, -0.25) is 0 Å². The van der Waals surface area contributed by atoms with Crippen LogP contribution >= 0.6 is 0 Å². The van der Waals surface area contributed by atoms with Gasteiger partial charge in [-0.2, -0.15) is 15.0 Å². The molecule has 10 heteroatoms. The molecule has 4 rings (SSSR count). The lowest BCUT2D eigenvalue weighted by molar-refractivity contribution is -0.00576. The van der Waals surface area contributed by atoms with Gasteiger partial charge < -0.3 is 29.0 Å². The zero-order valence-corrected chi connectivity index (χ0v) is 18.4. The Hall–Kier alpha value is -3.40. The molecule has 2 atom stereocenters. The number of benzene rings is 1. The molecular weight excluding hydrogens is 398 g/mol. The lowest BCUT2D eigenvalue weighted by Gasteiger charge is -2.35. The molecule has 31 heavy (non-hydrogen) atoms. The Morgan fingerprint density at radius 1 is 1.06 bits per heavy atom. The van der Waals surface area contributed by atoms with Gasteiger partial charge in [-0.1, -0.05) is 0 Å². The molecule has 1 N–H and O–H groups in total. The third-order valence-electron chi connectivity index (χ3n) is 4.91. The number of aromatic nitrogens is 5. The molecule has 0 bridgehead atoms. The fourth-order valence-electron chi connectivity index (χ4n) is 3.63. The van der Waals surface area contributed by atoms with Crippen molar-refractivity contribution in [1.29, 1.82) is 0 Å². The Labute approximate surface area is 181 Å². The summed E-state index contributed by atoms with van der Waals surface area (Å²) in [7, 11) is 3.18. The van der Waals surface area contributed by atoms with Crippen molar-refractivity contribution in [3.05, 3.63) is 36.4 Å². The highest BCUT2D eigenvalue weighted by atomic mass is 16.5. The zero-order valence-electron chi connectivity index (χ0n) is 18.4. The second-order valence-electron chi connectivity index (χ2n) is 7.54. The van der Waals surface area contributed by atoms with E-state index in [1.807, 2.05) is 49.7 Å². The van der Waals surface area contributed by atoms with Crippen LogP contribution in [0.1, 0.15) is 19.5 Å². The van der Waals surface area contributed by atoms with Gasteiger partial charge in [0.1, 0.15) is 5.75 Å². The predicted molar refractivity (Wildman–Crippen MR) is 117 cm³/mol. The third kappa shape index (κ3) is 4.69. The highest BCUT2D eigenvalue weighted by molar-refractivity contribution is 5.62. The minimum atomic E-state index is 0.0894. The van der Waals surface area contributed by atoms with Crippen LogP contribution in [-0.4, -0.2) is 64.0 Å². The van der Waals surface area contributed by atoms with Crippen LogP contribution in [0.3, 0.4) is 0 Å². The van der Waals surface area contributed by atoms with Crippen molar-refractivity contribution in [1.82, 2.24) is 24.5 Å². The van der Waals surface area contributed by atoms with E-state index in [-0.39, 0.29) is 18.2 Å². The SMILES string of the molecule is COc1nc(Nc2ccc(-n3cnc(C)c3)c(OC)c2)nc(N2CC(C)O[C@@H](C)C2)n1. The van der Waals surface area contributed by atoms with Gasteiger partial charge in [0.05, 0.1) is 44.1 Å². The molecule has 164 valence electrons. The van der Waals surface area contributed by atoms with Gasteiger partial charge in [0, 0.05) is 31.0 Å². The van der Waals surface area contributed by atoms with Gasteiger partial charge in [-0.05, 0) is 32.9 Å². The molecule has 0 saturated carbocycles. The largest absolute Gasteiger partial charge is 0.494 e. The van der Waals surface area contributed by atoms with Crippen molar-refractivity contribution in [2.75, 3.05) is 37.5 Å². The first-order valence-corrected chi connectivity index (χ1v) is 10.1. The second-order valence-corrected chi connectivity index (χ2v) is 7.54. The Kier molecular flexibility index (Phi) is 5.90. The molecule has 2 aromatic heterocycles. The molecule has 0 spiro atoms. The summed E-state index contributed by atoms with van der Waals surface area (Å²) in [5, 5.41) is 3.23. The second kappa shape index (κ2) is 8.76. The summed E-state index contributed by atoms with van der Waals surface area (Å²) in [5.41, 5.74) is 2.60. The van der Waals surface area contributed by atoms with Gasteiger partial charge in [-0.25, -0.2) is 4.98 Å². The average Bonchev–Trinajstić information content (AvgIpc) is 3.18. The number of morpholine rings is 1. The molecule has 10 nitrogen and oxygen atoms in total. The predicted octanol–water partition coefficient (Wildman–Crippen LogP) is 2.74. The molecule has 1 aromatic carbocycles. The van der Waals surface area contributed by atoms with E-state index in [0.29, 0.717) is 30.7 Å². The summed E-state index contributed by atoms with van der Waals surface area (Å²) >= 11 is 0. The Bertz CT molecular complexity index is 1050. The third-order valence-corrected chi connectivity index (χ3v) is 4.91. The fourth-order valence-corrected chi connectivity index (χ4v) is 3.63. The first-order chi connectivity index (χ1) is 14.9. The summed E-state index contributed by atoms with van der Waals surface area (Å²) in [4.78, 5) is 19.7. The molecule has 0 amide bonds. The Morgan fingerprint density at radius 3 is 2.48 bits per heavy atom. The molecule has 3 aromatic rings.